The Bertz CT molecular complexity index is 233. The quantitative estimate of drug-likeness (QED) is 0.657. The molecule has 1 heterocycles. The van der Waals surface area contributed by atoms with Crippen molar-refractivity contribution in [3.05, 3.63) is 0 Å². The van der Waals surface area contributed by atoms with Crippen molar-refractivity contribution in [2.45, 2.75) is 45.6 Å². The van der Waals surface area contributed by atoms with Crippen LogP contribution in [0.1, 0.15) is 39.5 Å². The van der Waals surface area contributed by atoms with Gasteiger partial charge in [-0.25, -0.2) is 0 Å². The molecule has 4 nitrogen and oxygen atoms in total. The Balaban J connectivity index is 2.21. The second kappa shape index (κ2) is 7.67. The third kappa shape index (κ3) is 4.28. The van der Waals surface area contributed by atoms with E-state index in [1.165, 1.54) is 0 Å². The Morgan fingerprint density at radius 3 is 2.88 bits per heavy atom. The molecule has 17 heavy (non-hydrogen) atoms. The maximum absolute atomic E-state index is 12.1. The van der Waals surface area contributed by atoms with Gasteiger partial charge in [-0.05, 0) is 25.2 Å². The molecule has 1 aliphatic rings. The molecule has 0 radical (unpaired) electrons. The van der Waals surface area contributed by atoms with Gasteiger partial charge in [-0.3, -0.25) is 10.1 Å². The van der Waals surface area contributed by atoms with Crippen LogP contribution in [-0.4, -0.2) is 43.8 Å². The number of ether oxygens (including phenoxy) is 1. The van der Waals surface area contributed by atoms with Gasteiger partial charge in [-0.15, -0.1) is 0 Å². The minimum Gasteiger partial charge on any atom is -0.385 e. The highest BCUT2D eigenvalue weighted by Crippen LogP contribution is 2.15. The summed E-state index contributed by atoms with van der Waals surface area (Å²) in [4.78, 5) is 14.0. The highest BCUT2D eigenvalue weighted by molar-refractivity contribution is 5.84. The molecule has 2 unspecified atom stereocenters. The first-order valence-corrected chi connectivity index (χ1v) is 6.71. The average Bonchev–Trinajstić information content (AvgIpc) is 2.70. The smallest absolute Gasteiger partial charge is 0.241 e. The van der Waals surface area contributed by atoms with Gasteiger partial charge < -0.3 is 9.64 Å². The van der Waals surface area contributed by atoms with Crippen LogP contribution in [0.15, 0.2) is 0 Å². The van der Waals surface area contributed by atoms with Gasteiger partial charge in [0.1, 0.15) is 0 Å². The first-order valence-electron chi connectivity index (χ1n) is 6.71. The minimum absolute atomic E-state index is 0.0407. The zero-order valence-corrected chi connectivity index (χ0v) is 11.4. The first kappa shape index (κ1) is 14.5. The summed E-state index contributed by atoms with van der Waals surface area (Å²) in [7, 11) is 1.73. The standard InChI is InChI=1S/C13H26N2O2/c1-4-11(2)12-13(16)15(10-14-12)8-6-5-7-9-17-3/h11-12,14H,4-10H2,1-3H3. The zero-order chi connectivity index (χ0) is 12.7. The van der Waals surface area contributed by atoms with E-state index >= 15 is 0 Å². The van der Waals surface area contributed by atoms with E-state index in [4.69, 9.17) is 4.74 Å². The highest BCUT2D eigenvalue weighted by Gasteiger charge is 2.33. The predicted octanol–water partition coefficient (Wildman–Crippen LogP) is 1.61. The molecule has 0 aromatic heterocycles. The van der Waals surface area contributed by atoms with E-state index in [0.717, 1.165) is 45.5 Å². The van der Waals surface area contributed by atoms with Crippen LogP contribution >= 0.6 is 0 Å². The van der Waals surface area contributed by atoms with Gasteiger partial charge in [0.15, 0.2) is 0 Å². The molecule has 0 aliphatic carbocycles. The monoisotopic (exact) mass is 242 g/mol. The number of amides is 1. The molecule has 0 bridgehead atoms. The first-order chi connectivity index (χ1) is 8.20. The summed E-state index contributed by atoms with van der Waals surface area (Å²) in [5, 5.41) is 3.31. The van der Waals surface area contributed by atoms with Crippen molar-refractivity contribution >= 4 is 5.91 Å². The van der Waals surface area contributed by atoms with E-state index < -0.39 is 0 Å². The fraction of sp³-hybridized carbons (Fsp3) is 0.923. The van der Waals surface area contributed by atoms with Crippen molar-refractivity contribution in [2.75, 3.05) is 26.9 Å². The second-order valence-corrected chi connectivity index (χ2v) is 4.88. The van der Waals surface area contributed by atoms with Gasteiger partial charge >= 0.3 is 0 Å². The van der Waals surface area contributed by atoms with E-state index in [2.05, 4.69) is 19.2 Å². The number of carbonyl (C=O) groups excluding carboxylic acids is 1. The lowest BCUT2D eigenvalue weighted by Gasteiger charge is -2.17. The molecule has 1 aliphatic heterocycles. The second-order valence-electron chi connectivity index (χ2n) is 4.88. The number of carbonyl (C=O) groups is 1. The van der Waals surface area contributed by atoms with Crippen LogP contribution in [0.5, 0.6) is 0 Å². The van der Waals surface area contributed by atoms with Crippen molar-refractivity contribution in [1.29, 1.82) is 0 Å². The maximum atomic E-state index is 12.1. The number of nitrogens with zero attached hydrogens (tertiary/aromatic N) is 1. The van der Waals surface area contributed by atoms with Crippen LogP contribution in [0.4, 0.5) is 0 Å². The third-order valence-corrected chi connectivity index (χ3v) is 3.57. The van der Waals surface area contributed by atoms with Gasteiger partial charge in [0.05, 0.1) is 12.7 Å². The number of hydrogen-bond acceptors (Lipinski definition) is 3. The molecule has 2 atom stereocenters. The topological polar surface area (TPSA) is 41.6 Å². The molecule has 1 fully saturated rings. The summed E-state index contributed by atoms with van der Waals surface area (Å²) in [6, 6.07) is 0.0407. The molecule has 1 saturated heterocycles. The third-order valence-electron chi connectivity index (χ3n) is 3.57. The van der Waals surface area contributed by atoms with E-state index in [1.54, 1.807) is 7.11 Å². The van der Waals surface area contributed by atoms with Gasteiger partial charge in [0.25, 0.3) is 0 Å². The number of unbranched alkanes of at least 4 members (excludes halogenated alkanes) is 2. The fourth-order valence-electron chi connectivity index (χ4n) is 2.17. The van der Waals surface area contributed by atoms with Gasteiger partial charge in [-0.2, -0.15) is 0 Å². The largest absolute Gasteiger partial charge is 0.385 e. The normalized spacial score (nSPS) is 22.2. The van der Waals surface area contributed by atoms with Crippen molar-refractivity contribution in [3.63, 3.8) is 0 Å². The van der Waals surface area contributed by atoms with Gasteiger partial charge in [0.2, 0.25) is 5.91 Å². The Kier molecular flexibility index (Phi) is 6.52. The van der Waals surface area contributed by atoms with Crippen molar-refractivity contribution in [2.24, 2.45) is 5.92 Å². The van der Waals surface area contributed by atoms with Crippen molar-refractivity contribution < 1.29 is 9.53 Å². The Labute approximate surface area is 105 Å². The zero-order valence-electron chi connectivity index (χ0n) is 11.4. The maximum Gasteiger partial charge on any atom is 0.241 e. The van der Waals surface area contributed by atoms with E-state index in [0.29, 0.717) is 5.92 Å². The Morgan fingerprint density at radius 1 is 1.47 bits per heavy atom. The van der Waals surface area contributed by atoms with Crippen LogP contribution in [0.25, 0.3) is 0 Å². The lowest BCUT2D eigenvalue weighted by molar-refractivity contribution is -0.129. The number of methoxy groups -OCH3 is 1. The number of rotatable bonds is 8. The Morgan fingerprint density at radius 2 is 2.24 bits per heavy atom. The summed E-state index contributed by atoms with van der Waals surface area (Å²) >= 11 is 0. The molecule has 1 N–H and O–H groups in total. The number of nitrogens with one attached hydrogen (secondary N) is 1. The summed E-state index contributed by atoms with van der Waals surface area (Å²) in [6.07, 6.45) is 4.33. The molecule has 0 aromatic rings. The summed E-state index contributed by atoms with van der Waals surface area (Å²) in [5.41, 5.74) is 0. The molecular formula is C13H26N2O2. The summed E-state index contributed by atoms with van der Waals surface area (Å²) < 4.78 is 5.01. The van der Waals surface area contributed by atoms with Crippen molar-refractivity contribution in [1.82, 2.24) is 10.2 Å². The molecule has 4 heteroatoms. The van der Waals surface area contributed by atoms with Crippen LogP contribution in [-0.2, 0) is 9.53 Å². The fourth-order valence-corrected chi connectivity index (χ4v) is 2.17. The van der Waals surface area contributed by atoms with Crippen LogP contribution in [0, 0.1) is 5.92 Å². The summed E-state index contributed by atoms with van der Waals surface area (Å²) in [5.74, 6) is 0.715. The van der Waals surface area contributed by atoms with Crippen LogP contribution < -0.4 is 5.32 Å². The summed E-state index contributed by atoms with van der Waals surface area (Å²) in [6.45, 7) is 6.69. The minimum atomic E-state index is 0.0407. The lowest BCUT2D eigenvalue weighted by atomic mass is 9.99. The predicted molar refractivity (Wildman–Crippen MR) is 68.7 cm³/mol. The Hall–Kier alpha value is -0.610. The van der Waals surface area contributed by atoms with E-state index in [1.807, 2.05) is 4.90 Å². The molecule has 0 spiro atoms. The molecule has 1 rings (SSSR count). The average molecular weight is 242 g/mol. The molecule has 100 valence electrons. The van der Waals surface area contributed by atoms with Crippen LogP contribution in [0.3, 0.4) is 0 Å². The van der Waals surface area contributed by atoms with Gasteiger partial charge in [0, 0.05) is 20.3 Å². The molecule has 1 amide bonds. The molecule has 0 aromatic carbocycles. The van der Waals surface area contributed by atoms with Crippen LogP contribution in [0.2, 0.25) is 0 Å². The van der Waals surface area contributed by atoms with E-state index in [-0.39, 0.29) is 11.9 Å². The van der Waals surface area contributed by atoms with Gasteiger partial charge in [-0.1, -0.05) is 20.3 Å². The molecule has 0 saturated carbocycles. The van der Waals surface area contributed by atoms with Crippen molar-refractivity contribution in [3.8, 4) is 0 Å². The van der Waals surface area contributed by atoms with E-state index in [9.17, 15) is 4.79 Å². The number of hydrogen-bond donors (Lipinski definition) is 1. The highest BCUT2D eigenvalue weighted by atomic mass is 16.5. The lowest BCUT2D eigenvalue weighted by Crippen LogP contribution is -2.35. The molecular weight excluding hydrogens is 216 g/mol. The SMILES string of the molecule is CCC(C)C1NCN(CCCCCOC)C1=O.